The van der Waals surface area contributed by atoms with Crippen LogP contribution in [-0.4, -0.2) is 29.9 Å². The van der Waals surface area contributed by atoms with Gasteiger partial charge in [0.05, 0.1) is 5.54 Å². The van der Waals surface area contributed by atoms with Gasteiger partial charge in [0, 0.05) is 13.6 Å². The molecule has 0 aliphatic heterocycles. The lowest BCUT2D eigenvalue weighted by Crippen LogP contribution is -2.56. The normalized spacial score (nSPS) is 32.7. The predicted molar refractivity (Wildman–Crippen MR) is 57.9 cm³/mol. The summed E-state index contributed by atoms with van der Waals surface area (Å²) in [6, 6.07) is 0. The Kier molecular flexibility index (Phi) is 3.53. The number of carbonyl (C=O) groups excluding carboxylic acids is 1. The van der Waals surface area contributed by atoms with E-state index in [2.05, 4.69) is 6.92 Å². The summed E-state index contributed by atoms with van der Waals surface area (Å²) in [7, 11) is 1.83. The summed E-state index contributed by atoms with van der Waals surface area (Å²) in [5, 5.41) is 0. The van der Waals surface area contributed by atoms with E-state index in [1.807, 2.05) is 14.0 Å². The fraction of sp³-hybridized carbons (Fsp3) is 0.909. The molecule has 1 aliphatic rings. The zero-order valence-electron chi connectivity index (χ0n) is 9.55. The molecular formula is C11H22N2O. The summed E-state index contributed by atoms with van der Waals surface area (Å²) < 4.78 is 0. The van der Waals surface area contributed by atoms with Crippen molar-refractivity contribution < 1.29 is 4.79 Å². The highest BCUT2D eigenvalue weighted by Crippen LogP contribution is 2.31. The van der Waals surface area contributed by atoms with Crippen LogP contribution in [0.3, 0.4) is 0 Å². The second-order valence-corrected chi connectivity index (χ2v) is 4.68. The lowest BCUT2D eigenvalue weighted by molar-refractivity contribution is -0.137. The van der Waals surface area contributed by atoms with Gasteiger partial charge in [0.25, 0.3) is 0 Å². The van der Waals surface area contributed by atoms with E-state index in [1.54, 1.807) is 4.90 Å². The maximum atomic E-state index is 12.0. The fourth-order valence-electron chi connectivity index (χ4n) is 2.31. The van der Waals surface area contributed by atoms with Crippen molar-refractivity contribution >= 4 is 5.91 Å². The Labute approximate surface area is 86.6 Å². The number of hydrogen-bond donors (Lipinski definition) is 1. The molecule has 0 aromatic heterocycles. The molecule has 1 fully saturated rings. The van der Waals surface area contributed by atoms with Crippen LogP contribution in [0, 0.1) is 5.92 Å². The van der Waals surface area contributed by atoms with Crippen molar-refractivity contribution in [3.05, 3.63) is 0 Å². The molecule has 14 heavy (non-hydrogen) atoms. The van der Waals surface area contributed by atoms with Gasteiger partial charge in [0.2, 0.25) is 5.91 Å². The molecule has 0 aromatic carbocycles. The molecule has 2 atom stereocenters. The van der Waals surface area contributed by atoms with E-state index in [4.69, 9.17) is 5.73 Å². The van der Waals surface area contributed by atoms with E-state index in [9.17, 15) is 4.79 Å². The number of hydrogen-bond acceptors (Lipinski definition) is 2. The number of nitrogens with two attached hydrogens (primary N) is 1. The molecule has 1 amide bonds. The minimum absolute atomic E-state index is 0.117. The van der Waals surface area contributed by atoms with Gasteiger partial charge in [0.1, 0.15) is 0 Å². The van der Waals surface area contributed by atoms with Crippen molar-refractivity contribution in [3.8, 4) is 0 Å². The third kappa shape index (κ3) is 2.27. The molecular weight excluding hydrogens is 176 g/mol. The van der Waals surface area contributed by atoms with Gasteiger partial charge in [-0.25, -0.2) is 0 Å². The van der Waals surface area contributed by atoms with Gasteiger partial charge in [0.15, 0.2) is 0 Å². The average molecular weight is 198 g/mol. The summed E-state index contributed by atoms with van der Waals surface area (Å²) in [6.07, 6.45) is 3.99. The molecule has 3 nitrogen and oxygen atoms in total. The number of rotatable bonds is 2. The van der Waals surface area contributed by atoms with Crippen LogP contribution < -0.4 is 5.73 Å². The quantitative estimate of drug-likeness (QED) is 0.728. The zero-order chi connectivity index (χ0) is 10.8. The van der Waals surface area contributed by atoms with Gasteiger partial charge in [-0.3, -0.25) is 4.79 Å². The van der Waals surface area contributed by atoms with E-state index in [1.165, 1.54) is 6.42 Å². The van der Waals surface area contributed by atoms with Crippen LogP contribution in [0.4, 0.5) is 0 Å². The van der Waals surface area contributed by atoms with Crippen molar-refractivity contribution in [2.45, 2.75) is 45.1 Å². The molecule has 0 radical (unpaired) electrons. The van der Waals surface area contributed by atoms with Gasteiger partial charge in [-0.15, -0.1) is 0 Å². The van der Waals surface area contributed by atoms with Crippen molar-refractivity contribution in [2.24, 2.45) is 11.7 Å². The number of carbonyl (C=O) groups is 1. The molecule has 0 saturated heterocycles. The summed E-state index contributed by atoms with van der Waals surface area (Å²) in [5.41, 5.74) is 5.60. The standard InChI is InChI=1S/C11H22N2O/c1-4-13(3)10(14)11(12)7-5-6-9(2)8-11/h9H,4-8,12H2,1-3H3. The van der Waals surface area contributed by atoms with Crippen LogP contribution >= 0.6 is 0 Å². The Hall–Kier alpha value is -0.570. The number of likely N-dealkylation sites (N-methyl/N-ethyl adjacent to an activating group) is 1. The Bertz CT molecular complexity index is 217. The van der Waals surface area contributed by atoms with Crippen molar-refractivity contribution in [1.82, 2.24) is 4.90 Å². The average Bonchev–Trinajstić information content (AvgIpc) is 2.15. The summed E-state index contributed by atoms with van der Waals surface area (Å²) in [4.78, 5) is 13.7. The predicted octanol–water partition coefficient (Wildman–Crippen LogP) is 1.37. The van der Waals surface area contributed by atoms with Crippen LogP contribution in [0.2, 0.25) is 0 Å². The largest absolute Gasteiger partial charge is 0.344 e. The van der Waals surface area contributed by atoms with Gasteiger partial charge in [-0.05, 0) is 25.7 Å². The van der Waals surface area contributed by atoms with Crippen molar-refractivity contribution in [3.63, 3.8) is 0 Å². The highest BCUT2D eigenvalue weighted by Gasteiger charge is 2.39. The number of amides is 1. The second kappa shape index (κ2) is 4.30. The molecule has 1 saturated carbocycles. The van der Waals surface area contributed by atoms with Crippen LogP contribution in [0.1, 0.15) is 39.5 Å². The van der Waals surface area contributed by atoms with Crippen LogP contribution in [0.5, 0.6) is 0 Å². The number of nitrogens with zero attached hydrogens (tertiary/aromatic N) is 1. The third-order valence-electron chi connectivity index (χ3n) is 3.28. The lowest BCUT2D eigenvalue weighted by atomic mass is 9.76. The molecule has 1 rings (SSSR count). The van der Waals surface area contributed by atoms with Crippen LogP contribution in [0.25, 0.3) is 0 Å². The minimum atomic E-state index is -0.581. The van der Waals surface area contributed by atoms with E-state index < -0.39 is 5.54 Å². The lowest BCUT2D eigenvalue weighted by Gasteiger charge is -2.37. The molecule has 2 unspecified atom stereocenters. The fourth-order valence-corrected chi connectivity index (χ4v) is 2.31. The SMILES string of the molecule is CCN(C)C(=O)C1(N)CCCC(C)C1. The monoisotopic (exact) mass is 198 g/mol. The first-order valence-corrected chi connectivity index (χ1v) is 5.54. The summed E-state index contributed by atoms with van der Waals surface area (Å²) in [6.45, 7) is 4.90. The smallest absolute Gasteiger partial charge is 0.242 e. The maximum absolute atomic E-state index is 12.0. The molecule has 2 N–H and O–H groups in total. The van der Waals surface area contributed by atoms with Crippen molar-refractivity contribution in [2.75, 3.05) is 13.6 Å². The van der Waals surface area contributed by atoms with Gasteiger partial charge < -0.3 is 10.6 Å². The molecule has 1 aliphatic carbocycles. The first-order chi connectivity index (χ1) is 6.49. The zero-order valence-corrected chi connectivity index (χ0v) is 9.55. The minimum Gasteiger partial charge on any atom is -0.344 e. The summed E-state index contributed by atoms with van der Waals surface area (Å²) in [5.74, 6) is 0.703. The van der Waals surface area contributed by atoms with E-state index in [0.29, 0.717) is 5.92 Å². The van der Waals surface area contributed by atoms with Gasteiger partial charge in [-0.2, -0.15) is 0 Å². The first kappa shape index (κ1) is 11.5. The van der Waals surface area contributed by atoms with Gasteiger partial charge in [-0.1, -0.05) is 19.8 Å². The highest BCUT2D eigenvalue weighted by molar-refractivity contribution is 5.86. The molecule has 0 spiro atoms. The van der Waals surface area contributed by atoms with Crippen LogP contribution in [0.15, 0.2) is 0 Å². The van der Waals surface area contributed by atoms with E-state index in [-0.39, 0.29) is 5.91 Å². The Morgan fingerprint density at radius 3 is 2.79 bits per heavy atom. The van der Waals surface area contributed by atoms with Gasteiger partial charge >= 0.3 is 0 Å². The first-order valence-electron chi connectivity index (χ1n) is 5.54. The van der Waals surface area contributed by atoms with E-state index >= 15 is 0 Å². The Morgan fingerprint density at radius 2 is 2.29 bits per heavy atom. The van der Waals surface area contributed by atoms with Crippen molar-refractivity contribution in [1.29, 1.82) is 0 Å². The molecule has 0 aromatic rings. The highest BCUT2D eigenvalue weighted by atomic mass is 16.2. The third-order valence-corrected chi connectivity index (χ3v) is 3.28. The molecule has 82 valence electrons. The van der Waals surface area contributed by atoms with E-state index in [0.717, 1.165) is 25.8 Å². The molecule has 0 bridgehead atoms. The Morgan fingerprint density at radius 1 is 1.64 bits per heavy atom. The second-order valence-electron chi connectivity index (χ2n) is 4.68. The maximum Gasteiger partial charge on any atom is 0.242 e. The molecule has 3 heteroatoms. The molecule has 0 heterocycles. The van der Waals surface area contributed by atoms with Crippen LogP contribution in [-0.2, 0) is 4.79 Å². The Balaban J connectivity index is 2.68. The summed E-state index contributed by atoms with van der Waals surface area (Å²) >= 11 is 0. The topological polar surface area (TPSA) is 46.3 Å².